The van der Waals surface area contributed by atoms with Crippen molar-refractivity contribution < 1.29 is 22.7 Å². The fourth-order valence-electron chi connectivity index (χ4n) is 2.27. The van der Waals surface area contributed by atoms with Gasteiger partial charge in [0.2, 0.25) is 5.91 Å². The van der Waals surface area contributed by atoms with Gasteiger partial charge in [-0.3, -0.25) is 4.79 Å². The summed E-state index contributed by atoms with van der Waals surface area (Å²) >= 11 is -0.584. The third-order valence-corrected chi connectivity index (χ3v) is 7.53. The van der Waals surface area contributed by atoms with Crippen molar-refractivity contribution in [1.82, 2.24) is 0 Å². The van der Waals surface area contributed by atoms with Crippen molar-refractivity contribution in [3.05, 3.63) is 20.6 Å². The molecule has 0 aromatic heterocycles. The third kappa shape index (κ3) is 3.08. The molecule has 2 N–H and O–H groups in total. The summed E-state index contributed by atoms with van der Waals surface area (Å²) in [7, 11) is 0. The van der Waals surface area contributed by atoms with E-state index in [0.717, 1.165) is 5.92 Å². The number of hydrogen-bond donors (Lipinski definition) is 1. The Balaban J connectivity index is 0.000000280. The van der Waals surface area contributed by atoms with E-state index in [1.165, 1.54) is 6.92 Å². The maximum absolute atomic E-state index is 9.22. The molecule has 0 saturated carbocycles. The van der Waals surface area contributed by atoms with Gasteiger partial charge in [-0.05, 0) is 0 Å². The number of hydrogen-bond acceptors (Lipinski definition) is 1. The summed E-state index contributed by atoms with van der Waals surface area (Å²) in [5.41, 5.74) is 9.39. The number of primary amides is 1. The van der Waals surface area contributed by atoms with E-state index in [-0.39, 0.29) is 5.91 Å². The molecule has 1 heterocycles. The molecule has 0 radical (unpaired) electrons. The second-order valence-electron chi connectivity index (χ2n) is 4.78. The van der Waals surface area contributed by atoms with Gasteiger partial charge < -0.3 is 5.73 Å². The fraction of sp³-hybridized carbons (Fsp3) is 0.615. The molecule has 2 rings (SSSR count). The van der Waals surface area contributed by atoms with Crippen molar-refractivity contribution in [3.8, 4) is 0 Å². The first kappa shape index (κ1) is 13.7. The van der Waals surface area contributed by atoms with Crippen molar-refractivity contribution in [2.24, 2.45) is 11.7 Å². The van der Waals surface area contributed by atoms with Crippen LogP contribution < -0.4 is 5.73 Å². The van der Waals surface area contributed by atoms with Crippen molar-refractivity contribution in [1.29, 1.82) is 0 Å². The van der Waals surface area contributed by atoms with E-state index in [0.29, 0.717) is 0 Å². The van der Waals surface area contributed by atoms with Crippen molar-refractivity contribution in [2.45, 2.75) is 44.1 Å². The molecule has 0 spiro atoms. The molecule has 1 fully saturated rings. The molecular weight excluding hydrogens is 234 g/mol. The molecule has 0 aromatic carbocycles. The summed E-state index contributed by atoms with van der Waals surface area (Å²) in [4.78, 5) is 9.22. The van der Waals surface area contributed by atoms with E-state index in [2.05, 4.69) is 33.4 Å². The molecule has 1 saturated heterocycles. The van der Waals surface area contributed by atoms with Crippen LogP contribution in [0.1, 0.15) is 34.6 Å². The summed E-state index contributed by atoms with van der Waals surface area (Å²) in [5.74, 6) is 0.488. The van der Waals surface area contributed by atoms with Gasteiger partial charge in [-0.15, -0.1) is 0 Å². The third-order valence-electron chi connectivity index (χ3n) is 3.52. The molecule has 0 bridgehead atoms. The molecule has 1 atom stereocenters. The summed E-state index contributed by atoms with van der Waals surface area (Å²) in [5, 5.41) is 0. The van der Waals surface area contributed by atoms with Crippen LogP contribution in [0.5, 0.6) is 0 Å². The number of nitrogens with two attached hydrogens (primary N) is 1. The summed E-state index contributed by atoms with van der Waals surface area (Å²) in [6.45, 7) is 10.7. The van der Waals surface area contributed by atoms with E-state index in [1.807, 2.05) is 3.88 Å². The molecule has 0 aromatic rings. The zero-order valence-corrected chi connectivity index (χ0v) is 12.5. The first-order valence-corrected chi connectivity index (χ1v) is 8.84. The SMILES string of the molecule is CC(N)=O.CC1=C(C)C(C)[C]([Ti]2[CH2][CH2]2)=C1C. The van der Waals surface area contributed by atoms with E-state index in [1.54, 1.807) is 26.2 Å². The number of carbonyl (C=O) groups excluding carboxylic acids is 1. The van der Waals surface area contributed by atoms with Crippen molar-refractivity contribution in [2.75, 3.05) is 0 Å². The van der Waals surface area contributed by atoms with Crippen LogP contribution in [0.2, 0.25) is 9.45 Å². The molecule has 1 aliphatic heterocycles. The number of amides is 1. The van der Waals surface area contributed by atoms with Crippen LogP contribution in [0.25, 0.3) is 0 Å². The van der Waals surface area contributed by atoms with Gasteiger partial charge in [0.15, 0.2) is 0 Å². The Hall–Kier alpha value is -0.336. The van der Waals surface area contributed by atoms with Gasteiger partial charge in [0.05, 0.1) is 0 Å². The zero-order chi connectivity index (χ0) is 12.5. The molecule has 3 heteroatoms. The van der Waals surface area contributed by atoms with Crippen LogP contribution >= 0.6 is 0 Å². The second-order valence-corrected chi connectivity index (χ2v) is 9.07. The van der Waals surface area contributed by atoms with Gasteiger partial charge in [0.1, 0.15) is 0 Å². The van der Waals surface area contributed by atoms with Gasteiger partial charge >= 0.3 is 81.5 Å². The standard InChI is InChI=1S/C9H13.C2H5NO.C2H4.Ti/c1-6-5-7(2)9(4)8(6)3;1-2(3)4;1-2;/h6H,1-4H3;1H3,(H2,3,4);1-2H2;. The molecule has 16 heavy (non-hydrogen) atoms. The molecule has 2 aliphatic rings. The normalized spacial score (nSPS) is 23.3. The molecular formula is C13H22NOTi. The average molecular weight is 256 g/mol. The average Bonchev–Trinajstić information content (AvgIpc) is 2.95. The van der Waals surface area contributed by atoms with Crippen LogP contribution in [0.15, 0.2) is 20.6 Å². The number of rotatable bonds is 1. The van der Waals surface area contributed by atoms with Gasteiger partial charge in [0, 0.05) is 6.92 Å². The Kier molecular flexibility index (Phi) is 4.57. The summed E-state index contributed by atoms with van der Waals surface area (Å²) < 4.78 is 5.14. The summed E-state index contributed by atoms with van der Waals surface area (Å²) in [6.07, 6.45) is 0. The quantitative estimate of drug-likeness (QED) is 0.719. The van der Waals surface area contributed by atoms with Crippen LogP contribution in [0.3, 0.4) is 0 Å². The molecule has 89 valence electrons. The zero-order valence-electron chi connectivity index (χ0n) is 11.0. The number of carbonyl (C=O) groups is 1. The first-order valence-electron chi connectivity index (χ1n) is 5.85. The van der Waals surface area contributed by atoms with Gasteiger partial charge in [0.25, 0.3) is 0 Å². The number of allylic oxidation sites excluding steroid dienone is 4. The van der Waals surface area contributed by atoms with Crippen molar-refractivity contribution >= 4 is 5.91 Å². The van der Waals surface area contributed by atoms with Crippen LogP contribution in [0.4, 0.5) is 0 Å². The predicted octanol–water partition coefficient (Wildman–Crippen LogP) is 3.21. The fourth-order valence-corrected chi connectivity index (χ4v) is 6.52. The van der Waals surface area contributed by atoms with Gasteiger partial charge in [-0.2, -0.15) is 0 Å². The minimum atomic E-state index is -0.584. The van der Waals surface area contributed by atoms with E-state index in [9.17, 15) is 4.79 Å². The minimum absolute atomic E-state index is 0.333. The molecule has 1 amide bonds. The molecule has 1 unspecified atom stereocenters. The Labute approximate surface area is 105 Å². The Bertz CT molecular complexity index is 360. The topological polar surface area (TPSA) is 43.1 Å². The summed E-state index contributed by atoms with van der Waals surface area (Å²) in [6, 6.07) is 0. The van der Waals surface area contributed by atoms with Gasteiger partial charge in [-0.1, -0.05) is 0 Å². The van der Waals surface area contributed by atoms with Gasteiger partial charge in [-0.25, -0.2) is 0 Å². The molecule has 2 nitrogen and oxygen atoms in total. The Morgan fingerprint density at radius 3 is 1.94 bits per heavy atom. The maximum atomic E-state index is 9.22. The molecule has 1 aliphatic carbocycles. The van der Waals surface area contributed by atoms with E-state index in [4.69, 9.17) is 0 Å². The Morgan fingerprint density at radius 2 is 1.69 bits per heavy atom. The van der Waals surface area contributed by atoms with Crippen LogP contribution in [-0.2, 0) is 22.7 Å². The van der Waals surface area contributed by atoms with Crippen LogP contribution in [-0.4, -0.2) is 5.91 Å². The van der Waals surface area contributed by atoms with Crippen molar-refractivity contribution in [3.63, 3.8) is 0 Å². The second kappa shape index (κ2) is 5.33. The van der Waals surface area contributed by atoms with E-state index < -0.39 is 17.9 Å². The monoisotopic (exact) mass is 256 g/mol. The van der Waals surface area contributed by atoms with E-state index >= 15 is 0 Å². The first-order chi connectivity index (χ1) is 7.36. The van der Waals surface area contributed by atoms with Crippen LogP contribution in [0, 0.1) is 5.92 Å². The predicted molar refractivity (Wildman–Crippen MR) is 64.7 cm³/mol. The Morgan fingerprint density at radius 1 is 1.25 bits per heavy atom.